The summed E-state index contributed by atoms with van der Waals surface area (Å²) in [6.07, 6.45) is 4.07. The van der Waals surface area contributed by atoms with Crippen LogP contribution in [0.2, 0.25) is 5.02 Å². The molecule has 0 saturated carbocycles. The molecule has 2 aromatic carbocycles. The zero-order valence-electron chi connectivity index (χ0n) is 14.9. The van der Waals surface area contributed by atoms with Gasteiger partial charge >= 0.3 is 0 Å². The lowest BCUT2D eigenvalue weighted by Gasteiger charge is -2.37. The number of amides is 2. The van der Waals surface area contributed by atoms with Gasteiger partial charge in [0, 0.05) is 35.3 Å². The standard InChI is InChI=1S/C21H21ClN2O3/c22-15-6-4-14(5-7-15)20(25)23-16-8-9-19-18(13-16)21(26)24-11-2-1-3-17(24)10-12-27-19/h4-9,13,17H,1-3,10-12H2,(H,23,25). The molecule has 2 amide bonds. The first-order valence-electron chi connectivity index (χ1n) is 9.26. The molecule has 1 fully saturated rings. The Morgan fingerprint density at radius 1 is 1.11 bits per heavy atom. The van der Waals surface area contributed by atoms with Crippen LogP contribution in [0.5, 0.6) is 5.75 Å². The lowest BCUT2D eigenvalue weighted by Crippen LogP contribution is -2.45. The Labute approximate surface area is 163 Å². The number of hydrogen-bond acceptors (Lipinski definition) is 3. The molecular weight excluding hydrogens is 364 g/mol. The van der Waals surface area contributed by atoms with Gasteiger partial charge in [-0.25, -0.2) is 0 Å². The molecule has 1 N–H and O–H groups in total. The fourth-order valence-corrected chi connectivity index (χ4v) is 3.86. The largest absolute Gasteiger partial charge is 0.493 e. The molecule has 5 nitrogen and oxygen atoms in total. The van der Waals surface area contributed by atoms with E-state index in [0.717, 1.165) is 32.2 Å². The van der Waals surface area contributed by atoms with Crippen molar-refractivity contribution in [1.82, 2.24) is 4.90 Å². The van der Waals surface area contributed by atoms with Crippen molar-refractivity contribution in [2.24, 2.45) is 0 Å². The number of piperidine rings is 1. The fraction of sp³-hybridized carbons (Fsp3) is 0.333. The number of rotatable bonds is 2. The zero-order valence-corrected chi connectivity index (χ0v) is 15.7. The van der Waals surface area contributed by atoms with Crippen LogP contribution < -0.4 is 10.1 Å². The van der Waals surface area contributed by atoms with Gasteiger partial charge in [0.2, 0.25) is 0 Å². The molecule has 2 aliphatic heterocycles. The Bertz CT molecular complexity index is 866. The maximum Gasteiger partial charge on any atom is 0.257 e. The van der Waals surface area contributed by atoms with Crippen molar-refractivity contribution in [2.75, 3.05) is 18.5 Å². The average molecular weight is 385 g/mol. The van der Waals surface area contributed by atoms with Crippen molar-refractivity contribution in [1.29, 1.82) is 0 Å². The molecule has 27 heavy (non-hydrogen) atoms. The number of fused-ring (bicyclic) bond motifs is 2. The summed E-state index contributed by atoms with van der Waals surface area (Å²) in [4.78, 5) is 27.5. The molecule has 0 bridgehead atoms. The molecular formula is C21H21ClN2O3. The highest BCUT2D eigenvalue weighted by Crippen LogP contribution is 2.31. The van der Waals surface area contributed by atoms with Gasteiger partial charge in [-0.1, -0.05) is 11.6 Å². The average Bonchev–Trinajstić information content (AvgIpc) is 2.68. The number of carbonyl (C=O) groups excluding carboxylic acids is 2. The Kier molecular flexibility index (Phi) is 5.03. The fourth-order valence-electron chi connectivity index (χ4n) is 3.73. The van der Waals surface area contributed by atoms with Crippen molar-refractivity contribution < 1.29 is 14.3 Å². The molecule has 0 aliphatic carbocycles. The van der Waals surface area contributed by atoms with Gasteiger partial charge in [-0.05, 0) is 61.7 Å². The third-order valence-corrected chi connectivity index (χ3v) is 5.42. The van der Waals surface area contributed by atoms with E-state index in [1.165, 1.54) is 0 Å². The van der Waals surface area contributed by atoms with Crippen molar-refractivity contribution in [3.05, 3.63) is 58.6 Å². The van der Waals surface area contributed by atoms with Crippen LogP contribution >= 0.6 is 11.6 Å². The van der Waals surface area contributed by atoms with Crippen LogP contribution in [0.4, 0.5) is 5.69 Å². The van der Waals surface area contributed by atoms with E-state index >= 15 is 0 Å². The molecule has 6 heteroatoms. The van der Waals surface area contributed by atoms with Crippen LogP contribution in [0, 0.1) is 0 Å². The number of benzene rings is 2. The van der Waals surface area contributed by atoms with E-state index < -0.39 is 0 Å². The predicted molar refractivity (Wildman–Crippen MR) is 105 cm³/mol. The molecule has 0 spiro atoms. The number of hydrogen-bond donors (Lipinski definition) is 1. The molecule has 2 aliphatic rings. The van der Waals surface area contributed by atoms with E-state index in [0.29, 0.717) is 34.2 Å². The second-order valence-electron chi connectivity index (χ2n) is 6.96. The Hall–Kier alpha value is -2.53. The Morgan fingerprint density at radius 3 is 2.74 bits per heavy atom. The van der Waals surface area contributed by atoms with E-state index in [1.807, 2.05) is 4.90 Å². The van der Waals surface area contributed by atoms with Crippen molar-refractivity contribution in [3.63, 3.8) is 0 Å². The normalized spacial score (nSPS) is 19.2. The van der Waals surface area contributed by atoms with Gasteiger partial charge in [0.15, 0.2) is 0 Å². The van der Waals surface area contributed by atoms with Gasteiger partial charge in [0.25, 0.3) is 11.8 Å². The predicted octanol–water partition coefficient (Wildman–Crippen LogP) is 4.37. The number of nitrogens with one attached hydrogen (secondary N) is 1. The topological polar surface area (TPSA) is 58.6 Å². The third kappa shape index (κ3) is 3.78. The minimum atomic E-state index is -0.248. The first kappa shape index (κ1) is 17.9. The van der Waals surface area contributed by atoms with E-state index in [9.17, 15) is 9.59 Å². The molecule has 140 valence electrons. The van der Waals surface area contributed by atoms with E-state index in [1.54, 1.807) is 42.5 Å². The summed E-state index contributed by atoms with van der Waals surface area (Å²) >= 11 is 5.87. The monoisotopic (exact) mass is 384 g/mol. The lowest BCUT2D eigenvalue weighted by atomic mass is 9.97. The smallest absolute Gasteiger partial charge is 0.257 e. The van der Waals surface area contributed by atoms with Crippen LogP contribution in [0.1, 0.15) is 46.4 Å². The third-order valence-electron chi connectivity index (χ3n) is 5.17. The summed E-state index contributed by atoms with van der Waals surface area (Å²) in [7, 11) is 0. The van der Waals surface area contributed by atoms with Crippen molar-refractivity contribution in [3.8, 4) is 5.75 Å². The molecule has 1 atom stereocenters. The van der Waals surface area contributed by atoms with Gasteiger partial charge < -0.3 is 15.0 Å². The number of halogens is 1. The Balaban J connectivity index is 1.59. The first-order chi connectivity index (χ1) is 13.1. The summed E-state index contributed by atoms with van der Waals surface area (Å²) in [5.41, 5.74) is 1.58. The quantitative estimate of drug-likeness (QED) is 0.836. The van der Waals surface area contributed by atoms with E-state index in [4.69, 9.17) is 16.3 Å². The van der Waals surface area contributed by atoms with Crippen LogP contribution in [0.25, 0.3) is 0 Å². The van der Waals surface area contributed by atoms with Gasteiger partial charge in [-0.15, -0.1) is 0 Å². The van der Waals surface area contributed by atoms with Gasteiger partial charge in [0.05, 0.1) is 12.2 Å². The van der Waals surface area contributed by atoms with Crippen LogP contribution in [-0.2, 0) is 0 Å². The van der Waals surface area contributed by atoms with Crippen LogP contribution in [0.15, 0.2) is 42.5 Å². The van der Waals surface area contributed by atoms with Crippen molar-refractivity contribution in [2.45, 2.75) is 31.7 Å². The molecule has 2 aromatic rings. The molecule has 1 unspecified atom stereocenters. The molecule has 2 heterocycles. The summed E-state index contributed by atoms with van der Waals surface area (Å²) in [6.45, 7) is 1.38. The highest BCUT2D eigenvalue weighted by molar-refractivity contribution is 6.30. The van der Waals surface area contributed by atoms with Gasteiger partial charge in [-0.2, -0.15) is 0 Å². The number of anilines is 1. The minimum absolute atomic E-state index is 0.0167. The second-order valence-corrected chi connectivity index (χ2v) is 7.39. The molecule has 0 aromatic heterocycles. The van der Waals surface area contributed by atoms with Crippen LogP contribution in [0.3, 0.4) is 0 Å². The first-order valence-corrected chi connectivity index (χ1v) is 9.64. The molecule has 0 radical (unpaired) electrons. The van der Waals surface area contributed by atoms with E-state index in [-0.39, 0.29) is 17.9 Å². The van der Waals surface area contributed by atoms with Gasteiger partial charge in [0.1, 0.15) is 5.75 Å². The molecule has 4 rings (SSSR count). The minimum Gasteiger partial charge on any atom is -0.493 e. The second kappa shape index (κ2) is 7.61. The number of nitrogens with zero attached hydrogens (tertiary/aromatic N) is 1. The maximum atomic E-state index is 13.1. The van der Waals surface area contributed by atoms with Crippen molar-refractivity contribution >= 4 is 29.1 Å². The highest BCUT2D eigenvalue weighted by atomic mass is 35.5. The lowest BCUT2D eigenvalue weighted by molar-refractivity contribution is 0.0548. The summed E-state index contributed by atoms with van der Waals surface area (Å²) in [5.74, 6) is 0.312. The van der Waals surface area contributed by atoms with Gasteiger partial charge in [-0.3, -0.25) is 9.59 Å². The zero-order chi connectivity index (χ0) is 18.8. The highest BCUT2D eigenvalue weighted by Gasteiger charge is 2.31. The Morgan fingerprint density at radius 2 is 1.93 bits per heavy atom. The summed E-state index contributed by atoms with van der Waals surface area (Å²) < 4.78 is 5.83. The maximum absolute atomic E-state index is 13.1. The summed E-state index contributed by atoms with van der Waals surface area (Å²) in [6, 6.07) is 12.1. The number of ether oxygens (including phenoxy) is 1. The molecule has 1 saturated heterocycles. The van der Waals surface area contributed by atoms with Crippen LogP contribution in [-0.4, -0.2) is 35.9 Å². The summed E-state index contributed by atoms with van der Waals surface area (Å²) in [5, 5.41) is 3.42. The SMILES string of the molecule is O=C(Nc1ccc2c(c1)C(=O)N1CCCCC1CCO2)c1ccc(Cl)cc1. The number of carbonyl (C=O) groups is 2. The van der Waals surface area contributed by atoms with E-state index in [2.05, 4.69) is 5.32 Å².